The molecule has 1 unspecified atom stereocenters. The van der Waals surface area contributed by atoms with Gasteiger partial charge in [-0.25, -0.2) is 4.79 Å². The predicted octanol–water partition coefficient (Wildman–Crippen LogP) is 0.540. The van der Waals surface area contributed by atoms with Crippen LogP contribution in [0, 0.1) is 0 Å². The van der Waals surface area contributed by atoms with Gasteiger partial charge in [0.25, 0.3) is 5.91 Å². The number of ether oxygens (including phenoxy) is 1. The summed E-state index contributed by atoms with van der Waals surface area (Å²) < 4.78 is 5.20. The maximum atomic E-state index is 11.1. The Labute approximate surface area is 112 Å². The van der Waals surface area contributed by atoms with Crippen LogP contribution in [-0.2, 0) is 11.2 Å². The van der Waals surface area contributed by atoms with Gasteiger partial charge in [-0.05, 0) is 37.5 Å². The molecule has 1 aromatic rings. The van der Waals surface area contributed by atoms with Crippen LogP contribution in [0.5, 0.6) is 5.75 Å². The highest BCUT2D eigenvalue weighted by molar-refractivity contribution is 5.94. The van der Waals surface area contributed by atoms with Crippen LogP contribution >= 0.6 is 0 Å². The Bertz CT molecular complexity index is 429. The van der Waals surface area contributed by atoms with Crippen molar-refractivity contribution in [3.8, 4) is 5.75 Å². The molecular formula is C13H19N3O3. The second kappa shape index (κ2) is 7.38. The number of benzene rings is 1. The molecule has 0 aliphatic rings. The number of imide groups is 1. The maximum absolute atomic E-state index is 11.1. The second-order valence-corrected chi connectivity index (χ2v) is 4.36. The number of hydrogen-bond acceptors (Lipinski definition) is 4. The van der Waals surface area contributed by atoms with Crippen LogP contribution in [-0.4, -0.2) is 24.6 Å². The Morgan fingerprint density at radius 3 is 2.47 bits per heavy atom. The summed E-state index contributed by atoms with van der Waals surface area (Å²) in [6.07, 6.45) is 1.82. The van der Waals surface area contributed by atoms with E-state index in [9.17, 15) is 9.59 Å². The van der Waals surface area contributed by atoms with E-state index >= 15 is 0 Å². The summed E-state index contributed by atoms with van der Waals surface area (Å²) in [4.78, 5) is 21.5. The van der Waals surface area contributed by atoms with Crippen molar-refractivity contribution in [1.82, 2.24) is 5.32 Å². The van der Waals surface area contributed by atoms with Gasteiger partial charge in [-0.2, -0.15) is 0 Å². The molecule has 104 valence electrons. The third-order valence-electron chi connectivity index (χ3n) is 2.44. The summed E-state index contributed by atoms with van der Waals surface area (Å²) in [6, 6.07) is 6.67. The topological polar surface area (TPSA) is 107 Å². The van der Waals surface area contributed by atoms with Gasteiger partial charge >= 0.3 is 6.03 Å². The van der Waals surface area contributed by atoms with Crippen molar-refractivity contribution >= 4 is 11.9 Å². The van der Waals surface area contributed by atoms with E-state index in [1.54, 1.807) is 12.1 Å². The molecule has 0 heterocycles. The van der Waals surface area contributed by atoms with Gasteiger partial charge in [0.2, 0.25) is 0 Å². The molecule has 0 radical (unpaired) electrons. The molecule has 3 amide bonds. The number of hydrogen-bond donors (Lipinski definition) is 3. The minimum Gasteiger partial charge on any atom is -0.484 e. The standard InChI is InChI=1S/C13H19N3O3/c1-9(14)2-3-10-4-6-11(7-5-10)19-8-12(17)16-13(15)18/h4-7,9H,2-3,8,14H2,1H3,(H3,15,16,17,18). The largest absolute Gasteiger partial charge is 0.484 e. The van der Waals surface area contributed by atoms with Gasteiger partial charge in [-0.15, -0.1) is 0 Å². The van der Waals surface area contributed by atoms with Crippen molar-refractivity contribution in [3.63, 3.8) is 0 Å². The molecule has 1 atom stereocenters. The summed E-state index contributed by atoms with van der Waals surface area (Å²) >= 11 is 0. The number of amides is 3. The normalized spacial score (nSPS) is 11.7. The first-order chi connectivity index (χ1) is 8.97. The lowest BCUT2D eigenvalue weighted by Crippen LogP contribution is -2.38. The third-order valence-corrected chi connectivity index (χ3v) is 2.44. The Morgan fingerprint density at radius 1 is 1.32 bits per heavy atom. The Morgan fingerprint density at radius 2 is 1.95 bits per heavy atom. The summed E-state index contributed by atoms with van der Waals surface area (Å²) in [5.41, 5.74) is 11.6. The smallest absolute Gasteiger partial charge is 0.318 e. The van der Waals surface area contributed by atoms with Crippen LogP contribution in [0.3, 0.4) is 0 Å². The van der Waals surface area contributed by atoms with Gasteiger partial charge in [0.05, 0.1) is 0 Å². The molecule has 0 fully saturated rings. The Hall–Kier alpha value is -2.08. The first-order valence-corrected chi connectivity index (χ1v) is 6.04. The van der Waals surface area contributed by atoms with Crippen LogP contribution in [0.15, 0.2) is 24.3 Å². The first kappa shape index (κ1) is 15.0. The van der Waals surface area contributed by atoms with E-state index in [-0.39, 0.29) is 12.6 Å². The number of carbonyl (C=O) groups is 2. The van der Waals surface area contributed by atoms with Gasteiger partial charge in [-0.1, -0.05) is 12.1 Å². The molecule has 1 aromatic carbocycles. The Balaban J connectivity index is 2.39. The van der Waals surface area contributed by atoms with Crippen molar-refractivity contribution in [2.75, 3.05) is 6.61 Å². The fraction of sp³-hybridized carbons (Fsp3) is 0.385. The van der Waals surface area contributed by atoms with Gasteiger partial charge in [0.1, 0.15) is 5.75 Å². The number of urea groups is 1. The van der Waals surface area contributed by atoms with Crippen molar-refractivity contribution in [3.05, 3.63) is 29.8 Å². The molecule has 6 nitrogen and oxygen atoms in total. The number of carbonyl (C=O) groups excluding carboxylic acids is 2. The molecule has 0 saturated carbocycles. The van der Waals surface area contributed by atoms with Gasteiger partial charge in [-0.3, -0.25) is 10.1 Å². The van der Waals surface area contributed by atoms with E-state index in [1.165, 1.54) is 0 Å². The van der Waals surface area contributed by atoms with Crippen molar-refractivity contribution in [1.29, 1.82) is 0 Å². The van der Waals surface area contributed by atoms with E-state index < -0.39 is 11.9 Å². The zero-order valence-electron chi connectivity index (χ0n) is 10.9. The number of rotatable bonds is 6. The lowest BCUT2D eigenvalue weighted by molar-refractivity contribution is -0.121. The molecular weight excluding hydrogens is 246 g/mol. The van der Waals surface area contributed by atoms with E-state index in [2.05, 4.69) is 0 Å². The summed E-state index contributed by atoms with van der Waals surface area (Å²) in [5.74, 6) is -0.0160. The molecule has 0 aromatic heterocycles. The van der Waals surface area contributed by atoms with Gasteiger partial charge in [0, 0.05) is 6.04 Å². The molecule has 6 heteroatoms. The van der Waals surface area contributed by atoms with Gasteiger partial charge < -0.3 is 16.2 Å². The molecule has 19 heavy (non-hydrogen) atoms. The fourth-order valence-corrected chi connectivity index (χ4v) is 1.47. The van der Waals surface area contributed by atoms with Crippen LogP contribution in [0.1, 0.15) is 18.9 Å². The SMILES string of the molecule is CC(N)CCc1ccc(OCC(=O)NC(N)=O)cc1. The van der Waals surface area contributed by atoms with Crippen molar-refractivity contribution in [2.45, 2.75) is 25.8 Å². The lowest BCUT2D eigenvalue weighted by atomic mass is 10.1. The quantitative estimate of drug-likeness (QED) is 0.697. The number of aryl methyl sites for hydroxylation is 1. The minimum absolute atomic E-state index is 0.174. The monoisotopic (exact) mass is 265 g/mol. The molecule has 0 aliphatic carbocycles. The van der Waals surface area contributed by atoms with E-state index in [0.717, 1.165) is 18.4 Å². The van der Waals surface area contributed by atoms with Crippen molar-refractivity contribution in [2.24, 2.45) is 11.5 Å². The Kier molecular flexibility index (Phi) is 5.81. The zero-order chi connectivity index (χ0) is 14.3. The molecule has 0 saturated heterocycles. The third kappa shape index (κ3) is 6.42. The molecule has 5 N–H and O–H groups in total. The lowest BCUT2D eigenvalue weighted by Gasteiger charge is -2.08. The van der Waals surface area contributed by atoms with E-state index in [1.807, 2.05) is 24.4 Å². The van der Waals surface area contributed by atoms with Crippen LogP contribution in [0.4, 0.5) is 4.79 Å². The van der Waals surface area contributed by atoms with Gasteiger partial charge in [0.15, 0.2) is 6.61 Å². The fourth-order valence-electron chi connectivity index (χ4n) is 1.47. The number of nitrogens with one attached hydrogen (secondary N) is 1. The summed E-state index contributed by atoms with van der Waals surface area (Å²) in [6.45, 7) is 1.72. The van der Waals surface area contributed by atoms with Crippen LogP contribution in [0.2, 0.25) is 0 Å². The van der Waals surface area contributed by atoms with E-state index in [0.29, 0.717) is 5.75 Å². The molecule has 0 spiro atoms. The zero-order valence-corrected chi connectivity index (χ0v) is 10.9. The average Bonchev–Trinajstić information content (AvgIpc) is 2.34. The number of primary amides is 1. The first-order valence-electron chi connectivity index (χ1n) is 6.04. The molecule has 1 rings (SSSR count). The number of nitrogens with two attached hydrogens (primary N) is 2. The highest BCUT2D eigenvalue weighted by atomic mass is 16.5. The van der Waals surface area contributed by atoms with E-state index in [4.69, 9.17) is 16.2 Å². The minimum atomic E-state index is -0.889. The average molecular weight is 265 g/mol. The van der Waals surface area contributed by atoms with Crippen LogP contribution < -0.4 is 21.5 Å². The molecule has 0 bridgehead atoms. The van der Waals surface area contributed by atoms with Crippen molar-refractivity contribution < 1.29 is 14.3 Å². The highest BCUT2D eigenvalue weighted by Gasteiger charge is 2.05. The molecule has 0 aliphatic heterocycles. The van der Waals surface area contributed by atoms with Crippen LogP contribution in [0.25, 0.3) is 0 Å². The summed E-state index contributed by atoms with van der Waals surface area (Å²) in [7, 11) is 0. The predicted molar refractivity (Wildman–Crippen MR) is 71.6 cm³/mol. The second-order valence-electron chi connectivity index (χ2n) is 4.36. The maximum Gasteiger partial charge on any atom is 0.318 e. The highest BCUT2D eigenvalue weighted by Crippen LogP contribution is 2.13. The summed E-state index contributed by atoms with van der Waals surface area (Å²) in [5, 5.41) is 1.92.